The monoisotopic (exact) mass is 442 g/mol. The highest BCUT2D eigenvalue weighted by Crippen LogP contribution is 2.28. The topological polar surface area (TPSA) is 49.8 Å². The van der Waals surface area contributed by atoms with Crippen LogP contribution in [0.1, 0.15) is 11.1 Å². The van der Waals surface area contributed by atoms with Gasteiger partial charge in [0.15, 0.2) is 10.3 Å². The second-order valence-corrected chi connectivity index (χ2v) is 9.28. The van der Waals surface area contributed by atoms with Gasteiger partial charge in [-0.25, -0.2) is 9.97 Å². The molecule has 6 heteroatoms. The quantitative estimate of drug-likeness (QED) is 0.282. The molecule has 0 fully saturated rings. The molecule has 0 atom stereocenters. The van der Waals surface area contributed by atoms with E-state index in [9.17, 15) is 0 Å². The van der Waals surface area contributed by atoms with Gasteiger partial charge in [0.2, 0.25) is 0 Å². The Morgan fingerprint density at radius 2 is 1.65 bits per heavy atom. The van der Waals surface area contributed by atoms with Gasteiger partial charge >= 0.3 is 0 Å². The summed E-state index contributed by atoms with van der Waals surface area (Å²) < 4.78 is 1.22. The molecule has 0 radical (unpaired) electrons. The minimum absolute atomic E-state index is 0.860. The number of benzene rings is 3. The molecule has 0 bridgehead atoms. The summed E-state index contributed by atoms with van der Waals surface area (Å²) >= 11 is 3.32. The molecule has 0 saturated carbocycles. The van der Waals surface area contributed by atoms with Gasteiger partial charge in [-0.15, -0.1) is 11.3 Å². The number of nitrogens with zero attached hydrogens (tertiary/aromatic N) is 2. The number of thiazole rings is 2. The van der Waals surface area contributed by atoms with Gasteiger partial charge in [0.25, 0.3) is 0 Å². The van der Waals surface area contributed by atoms with Crippen LogP contribution in [-0.2, 0) is 6.42 Å². The molecule has 0 aliphatic carbocycles. The summed E-state index contributed by atoms with van der Waals surface area (Å²) in [6.07, 6.45) is 0.949. The number of anilines is 3. The Morgan fingerprint density at radius 3 is 2.45 bits per heavy atom. The molecule has 5 aromatic rings. The van der Waals surface area contributed by atoms with E-state index in [2.05, 4.69) is 94.7 Å². The summed E-state index contributed by atoms with van der Waals surface area (Å²) in [7, 11) is 0. The summed E-state index contributed by atoms with van der Waals surface area (Å²) in [5.74, 6) is 0. The molecule has 0 aliphatic heterocycles. The summed E-state index contributed by atoms with van der Waals surface area (Å²) in [5.41, 5.74) is 6.80. The van der Waals surface area contributed by atoms with Crippen molar-refractivity contribution in [1.29, 1.82) is 0 Å². The fourth-order valence-corrected chi connectivity index (χ4v) is 4.96. The average molecular weight is 443 g/mol. The lowest BCUT2D eigenvalue weighted by molar-refractivity contribution is 1.02. The van der Waals surface area contributed by atoms with Crippen molar-refractivity contribution in [2.45, 2.75) is 13.3 Å². The van der Waals surface area contributed by atoms with E-state index < -0.39 is 0 Å². The molecule has 5 rings (SSSR count). The van der Waals surface area contributed by atoms with Gasteiger partial charge in [0.05, 0.1) is 15.9 Å². The first-order valence-electron chi connectivity index (χ1n) is 10.2. The molecule has 0 spiro atoms. The standard InChI is InChI=1S/C25H22N4S2/c1-17-6-10-19(11-7-17)22-16-30-25(29-22)27-20-12-8-18(9-13-20)14-15-26-24-28-21-4-2-3-5-23(21)31-24/h2-13,16H,14-15H2,1H3,(H,26,28)(H,27,29). The van der Waals surface area contributed by atoms with Gasteiger partial charge in [-0.3, -0.25) is 0 Å². The van der Waals surface area contributed by atoms with Gasteiger partial charge in [0.1, 0.15) is 0 Å². The summed E-state index contributed by atoms with van der Waals surface area (Å²) in [4.78, 5) is 9.35. The van der Waals surface area contributed by atoms with Crippen molar-refractivity contribution < 1.29 is 0 Å². The number of para-hydroxylation sites is 1. The molecule has 31 heavy (non-hydrogen) atoms. The number of nitrogens with one attached hydrogen (secondary N) is 2. The van der Waals surface area contributed by atoms with Crippen molar-refractivity contribution in [1.82, 2.24) is 9.97 Å². The van der Waals surface area contributed by atoms with Gasteiger partial charge in [0, 0.05) is 23.2 Å². The predicted molar refractivity (Wildman–Crippen MR) is 134 cm³/mol. The molecule has 0 amide bonds. The lowest BCUT2D eigenvalue weighted by Crippen LogP contribution is -2.04. The van der Waals surface area contributed by atoms with Crippen molar-refractivity contribution >= 4 is 48.8 Å². The minimum atomic E-state index is 0.860. The van der Waals surface area contributed by atoms with E-state index in [4.69, 9.17) is 4.98 Å². The van der Waals surface area contributed by atoms with Crippen molar-refractivity contribution in [2.24, 2.45) is 0 Å². The lowest BCUT2D eigenvalue weighted by Gasteiger charge is -2.06. The Labute approximate surface area is 189 Å². The fraction of sp³-hybridized carbons (Fsp3) is 0.120. The third kappa shape index (κ3) is 4.76. The van der Waals surface area contributed by atoms with Gasteiger partial charge in [-0.05, 0) is 43.2 Å². The van der Waals surface area contributed by atoms with Crippen LogP contribution in [0.5, 0.6) is 0 Å². The second-order valence-electron chi connectivity index (χ2n) is 7.39. The number of rotatable bonds is 7. The van der Waals surface area contributed by atoms with Crippen LogP contribution < -0.4 is 10.6 Å². The molecule has 154 valence electrons. The van der Waals surface area contributed by atoms with Crippen LogP contribution in [0.3, 0.4) is 0 Å². The molecule has 3 aromatic carbocycles. The third-order valence-corrected chi connectivity index (χ3v) is 6.79. The number of aromatic nitrogens is 2. The normalized spacial score (nSPS) is 11.0. The smallest absolute Gasteiger partial charge is 0.187 e. The first kappa shape index (κ1) is 19.7. The molecule has 2 aromatic heterocycles. The Balaban J connectivity index is 1.16. The van der Waals surface area contributed by atoms with E-state index in [1.165, 1.54) is 15.8 Å². The van der Waals surface area contributed by atoms with E-state index >= 15 is 0 Å². The van der Waals surface area contributed by atoms with E-state index in [0.29, 0.717) is 0 Å². The minimum Gasteiger partial charge on any atom is -0.361 e. The highest BCUT2D eigenvalue weighted by molar-refractivity contribution is 7.22. The molecule has 2 heterocycles. The van der Waals surface area contributed by atoms with E-state index in [1.807, 2.05) is 6.07 Å². The van der Waals surface area contributed by atoms with E-state index in [-0.39, 0.29) is 0 Å². The largest absolute Gasteiger partial charge is 0.361 e. The van der Waals surface area contributed by atoms with Crippen molar-refractivity contribution in [3.63, 3.8) is 0 Å². The number of hydrogen-bond donors (Lipinski definition) is 2. The summed E-state index contributed by atoms with van der Waals surface area (Å²) in [6, 6.07) is 25.2. The predicted octanol–water partition coefficient (Wildman–Crippen LogP) is 7.13. The van der Waals surface area contributed by atoms with Crippen LogP contribution in [-0.4, -0.2) is 16.5 Å². The van der Waals surface area contributed by atoms with Crippen LogP contribution in [0, 0.1) is 6.92 Å². The Bertz CT molecular complexity index is 1250. The van der Waals surface area contributed by atoms with Gasteiger partial charge in [-0.2, -0.15) is 0 Å². The fourth-order valence-electron chi connectivity index (χ4n) is 3.33. The maximum absolute atomic E-state index is 4.72. The van der Waals surface area contributed by atoms with Crippen LogP contribution in [0.2, 0.25) is 0 Å². The molecule has 4 nitrogen and oxygen atoms in total. The second kappa shape index (κ2) is 8.88. The third-order valence-electron chi connectivity index (χ3n) is 5.04. The molecule has 2 N–H and O–H groups in total. The Hall–Kier alpha value is -3.22. The maximum atomic E-state index is 4.72. The highest BCUT2D eigenvalue weighted by atomic mass is 32.1. The Morgan fingerprint density at radius 1 is 0.839 bits per heavy atom. The van der Waals surface area contributed by atoms with Crippen molar-refractivity contribution in [3.05, 3.63) is 89.3 Å². The molecule has 0 unspecified atom stereocenters. The van der Waals surface area contributed by atoms with Crippen LogP contribution in [0.25, 0.3) is 21.5 Å². The zero-order chi connectivity index (χ0) is 21.0. The zero-order valence-corrected chi connectivity index (χ0v) is 18.8. The van der Waals surface area contributed by atoms with Crippen LogP contribution >= 0.6 is 22.7 Å². The number of aryl methyl sites for hydroxylation is 1. The van der Waals surface area contributed by atoms with Crippen LogP contribution in [0.15, 0.2) is 78.2 Å². The lowest BCUT2D eigenvalue weighted by atomic mass is 10.1. The van der Waals surface area contributed by atoms with Crippen molar-refractivity contribution in [2.75, 3.05) is 17.2 Å². The maximum Gasteiger partial charge on any atom is 0.187 e. The molecule has 0 aliphatic rings. The molecular weight excluding hydrogens is 420 g/mol. The first-order valence-corrected chi connectivity index (χ1v) is 11.9. The zero-order valence-electron chi connectivity index (χ0n) is 17.1. The summed E-state index contributed by atoms with van der Waals surface area (Å²) in [6.45, 7) is 2.96. The number of fused-ring (bicyclic) bond motifs is 1. The van der Waals surface area contributed by atoms with E-state index in [1.54, 1.807) is 22.7 Å². The number of hydrogen-bond acceptors (Lipinski definition) is 6. The van der Waals surface area contributed by atoms with Gasteiger partial charge in [-0.1, -0.05) is 65.4 Å². The molecule has 0 saturated heterocycles. The van der Waals surface area contributed by atoms with E-state index in [0.717, 1.165) is 45.7 Å². The average Bonchev–Trinajstić information content (AvgIpc) is 3.42. The van der Waals surface area contributed by atoms with Crippen molar-refractivity contribution in [3.8, 4) is 11.3 Å². The highest BCUT2D eigenvalue weighted by Gasteiger charge is 2.06. The Kier molecular flexibility index (Phi) is 5.65. The first-order chi connectivity index (χ1) is 15.2. The SMILES string of the molecule is Cc1ccc(-c2csc(Nc3ccc(CCNc4nc5ccccc5s4)cc3)n2)cc1. The van der Waals surface area contributed by atoms with Gasteiger partial charge < -0.3 is 10.6 Å². The summed E-state index contributed by atoms with van der Waals surface area (Å²) in [5, 5.41) is 10.8. The van der Waals surface area contributed by atoms with Crippen LogP contribution in [0.4, 0.5) is 16.0 Å². The molecular formula is C25H22N4S2.